The molecule has 1 heterocycles. The second kappa shape index (κ2) is 7.13. The van der Waals surface area contributed by atoms with E-state index in [0.29, 0.717) is 4.88 Å². The maximum Gasteiger partial charge on any atom is 0.317 e. The van der Waals surface area contributed by atoms with Crippen LogP contribution in [0.2, 0.25) is 0 Å². The molecule has 3 unspecified atom stereocenters. The Morgan fingerprint density at radius 1 is 1.59 bits per heavy atom. The molecule has 120 valence electrons. The van der Waals surface area contributed by atoms with Gasteiger partial charge >= 0.3 is 5.97 Å². The minimum atomic E-state index is -1.31. The van der Waals surface area contributed by atoms with Crippen LogP contribution in [-0.2, 0) is 19.9 Å². The third-order valence-corrected chi connectivity index (χ3v) is 4.99. The van der Waals surface area contributed by atoms with Gasteiger partial charge in [0.05, 0.1) is 6.61 Å². The summed E-state index contributed by atoms with van der Waals surface area (Å²) in [5.74, 6) is -2.54. The Hall–Kier alpha value is -0.880. The first-order valence-electron chi connectivity index (χ1n) is 6.86. The Kier molecular flexibility index (Phi) is 5.66. The second-order valence-corrected chi connectivity index (χ2v) is 7.16. The molecule has 1 N–H and O–H groups in total. The SMILES string of the molecule is CCOC(=O)C1C(=O)CC(O)(c2cccs2)CC1C=C(Cl)Cl. The fourth-order valence-electron chi connectivity index (χ4n) is 2.80. The minimum Gasteiger partial charge on any atom is -0.465 e. The van der Waals surface area contributed by atoms with E-state index < -0.39 is 23.4 Å². The lowest BCUT2D eigenvalue weighted by atomic mass is 9.70. The summed E-state index contributed by atoms with van der Waals surface area (Å²) < 4.78 is 4.93. The van der Waals surface area contributed by atoms with Crippen molar-refractivity contribution in [2.45, 2.75) is 25.4 Å². The van der Waals surface area contributed by atoms with Crippen LogP contribution in [0.4, 0.5) is 0 Å². The zero-order valence-corrected chi connectivity index (χ0v) is 14.2. The van der Waals surface area contributed by atoms with Crippen LogP contribution < -0.4 is 0 Å². The van der Waals surface area contributed by atoms with Gasteiger partial charge in [-0.25, -0.2) is 0 Å². The molecular formula is C15H16Cl2O4S. The average molecular weight is 363 g/mol. The number of carbonyl (C=O) groups is 2. The molecule has 0 saturated heterocycles. The third-order valence-electron chi connectivity index (χ3n) is 3.68. The van der Waals surface area contributed by atoms with Crippen LogP contribution in [0.5, 0.6) is 0 Å². The fourth-order valence-corrected chi connectivity index (χ4v) is 3.96. The van der Waals surface area contributed by atoms with Crippen LogP contribution in [0.15, 0.2) is 28.1 Å². The molecule has 4 nitrogen and oxygen atoms in total. The number of halogens is 2. The Balaban J connectivity index is 2.34. The second-order valence-electron chi connectivity index (χ2n) is 5.21. The first-order chi connectivity index (χ1) is 10.4. The molecule has 1 fully saturated rings. The molecule has 0 aromatic carbocycles. The van der Waals surface area contributed by atoms with E-state index >= 15 is 0 Å². The lowest BCUT2D eigenvalue weighted by Gasteiger charge is -2.38. The number of aliphatic hydroxyl groups is 1. The van der Waals surface area contributed by atoms with Gasteiger partial charge in [-0.3, -0.25) is 9.59 Å². The molecule has 0 radical (unpaired) electrons. The normalized spacial score (nSPS) is 28.3. The minimum absolute atomic E-state index is 0.0393. The molecule has 3 atom stereocenters. The summed E-state index contributed by atoms with van der Waals surface area (Å²) in [5.41, 5.74) is -1.31. The molecule has 1 aliphatic rings. The predicted octanol–water partition coefficient (Wildman–Crippen LogP) is 3.41. The highest BCUT2D eigenvalue weighted by Gasteiger charge is 2.48. The van der Waals surface area contributed by atoms with E-state index in [-0.39, 0.29) is 29.7 Å². The maximum absolute atomic E-state index is 12.4. The Morgan fingerprint density at radius 2 is 2.32 bits per heavy atom. The highest BCUT2D eigenvalue weighted by Crippen LogP contribution is 2.44. The van der Waals surface area contributed by atoms with Gasteiger partial charge in [-0.15, -0.1) is 11.3 Å². The first-order valence-corrected chi connectivity index (χ1v) is 8.49. The summed E-state index contributed by atoms with van der Waals surface area (Å²) in [6.45, 7) is 1.86. The van der Waals surface area contributed by atoms with Gasteiger partial charge in [-0.1, -0.05) is 29.3 Å². The number of carbonyl (C=O) groups excluding carboxylic acids is 2. The fraction of sp³-hybridized carbons (Fsp3) is 0.467. The standard InChI is InChI=1S/C15H16Cl2O4S/c1-2-21-14(19)13-9(6-12(16)17)7-15(20,8-10(13)18)11-4-3-5-22-11/h3-6,9,13,20H,2,7-8H2,1H3. The molecular weight excluding hydrogens is 347 g/mol. The third kappa shape index (κ3) is 3.71. The van der Waals surface area contributed by atoms with Crippen LogP contribution >= 0.6 is 34.5 Å². The van der Waals surface area contributed by atoms with Gasteiger partial charge in [0, 0.05) is 17.2 Å². The molecule has 1 aliphatic carbocycles. The highest BCUT2D eigenvalue weighted by molar-refractivity contribution is 7.10. The largest absolute Gasteiger partial charge is 0.465 e. The summed E-state index contributed by atoms with van der Waals surface area (Å²) in [4.78, 5) is 25.2. The molecule has 0 amide bonds. The molecule has 0 spiro atoms. The van der Waals surface area contributed by atoms with E-state index in [1.165, 1.54) is 17.4 Å². The van der Waals surface area contributed by atoms with Crippen molar-refractivity contribution in [1.29, 1.82) is 0 Å². The number of hydrogen-bond donors (Lipinski definition) is 1. The number of Topliss-reactive ketones (excluding diaryl/α,β-unsaturated/α-hetero) is 1. The number of ether oxygens (including phenoxy) is 1. The quantitative estimate of drug-likeness (QED) is 0.658. The van der Waals surface area contributed by atoms with Crippen molar-refractivity contribution in [2.24, 2.45) is 11.8 Å². The molecule has 1 saturated carbocycles. The lowest BCUT2D eigenvalue weighted by Crippen LogP contribution is -2.45. The molecule has 1 aromatic rings. The zero-order chi connectivity index (χ0) is 16.3. The Bertz CT molecular complexity index is 580. The number of hydrogen-bond acceptors (Lipinski definition) is 5. The summed E-state index contributed by atoms with van der Waals surface area (Å²) in [6.07, 6.45) is 1.49. The van der Waals surface area contributed by atoms with E-state index in [0.717, 1.165) is 0 Å². The van der Waals surface area contributed by atoms with Gasteiger partial charge < -0.3 is 9.84 Å². The monoisotopic (exact) mass is 362 g/mol. The van der Waals surface area contributed by atoms with Gasteiger partial charge in [0.25, 0.3) is 0 Å². The molecule has 2 rings (SSSR count). The van der Waals surface area contributed by atoms with Crippen molar-refractivity contribution in [3.8, 4) is 0 Å². The number of rotatable bonds is 4. The van der Waals surface area contributed by atoms with Gasteiger partial charge in [0.2, 0.25) is 0 Å². The van der Waals surface area contributed by atoms with Crippen molar-refractivity contribution in [3.05, 3.63) is 33.0 Å². The van der Waals surface area contributed by atoms with Crippen molar-refractivity contribution in [2.75, 3.05) is 6.61 Å². The van der Waals surface area contributed by atoms with E-state index in [1.54, 1.807) is 19.1 Å². The molecule has 0 aliphatic heterocycles. The van der Waals surface area contributed by atoms with Crippen molar-refractivity contribution >= 4 is 46.3 Å². The molecule has 1 aromatic heterocycles. The predicted molar refractivity (Wildman–Crippen MR) is 85.9 cm³/mol. The van der Waals surface area contributed by atoms with Gasteiger partial charge in [-0.2, -0.15) is 0 Å². The summed E-state index contributed by atoms with van der Waals surface area (Å²) in [6, 6.07) is 3.57. The molecule has 0 bridgehead atoms. The smallest absolute Gasteiger partial charge is 0.317 e. The number of ketones is 1. The summed E-state index contributed by atoms with van der Waals surface area (Å²) >= 11 is 12.8. The van der Waals surface area contributed by atoms with Crippen LogP contribution in [0.25, 0.3) is 0 Å². The van der Waals surface area contributed by atoms with Gasteiger partial charge in [0.1, 0.15) is 16.0 Å². The van der Waals surface area contributed by atoms with E-state index in [9.17, 15) is 14.7 Å². The summed E-state index contributed by atoms with van der Waals surface area (Å²) in [7, 11) is 0. The zero-order valence-electron chi connectivity index (χ0n) is 11.9. The van der Waals surface area contributed by atoms with E-state index in [1.807, 2.05) is 5.38 Å². The number of allylic oxidation sites excluding steroid dienone is 1. The van der Waals surface area contributed by atoms with Crippen LogP contribution in [0, 0.1) is 11.8 Å². The van der Waals surface area contributed by atoms with Crippen molar-refractivity contribution < 1.29 is 19.4 Å². The van der Waals surface area contributed by atoms with Crippen LogP contribution in [0.3, 0.4) is 0 Å². The van der Waals surface area contributed by atoms with Crippen molar-refractivity contribution in [1.82, 2.24) is 0 Å². The number of thiophene rings is 1. The van der Waals surface area contributed by atoms with E-state index in [2.05, 4.69) is 0 Å². The Labute approximate surface area is 142 Å². The highest BCUT2D eigenvalue weighted by atomic mass is 35.5. The molecule has 22 heavy (non-hydrogen) atoms. The average Bonchev–Trinajstić information content (AvgIpc) is 2.91. The Morgan fingerprint density at radius 3 is 2.86 bits per heavy atom. The van der Waals surface area contributed by atoms with Gasteiger partial charge in [0.15, 0.2) is 5.78 Å². The van der Waals surface area contributed by atoms with Crippen molar-refractivity contribution in [3.63, 3.8) is 0 Å². The maximum atomic E-state index is 12.4. The topological polar surface area (TPSA) is 63.6 Å². The first kappa shape index (κ1) is 17.5. The lowest BCUT2D eigenvalue weighted by molar-refractivity contribution is -0.159. The number of esters is 1. The van der Waals surface area contributed by atoms with Gasteiger partial charge in [-0.05, 0) is 30.9 Å². The van der Waals surface area contributed by atoms with Crippen LogP contribution in [-0.4, -0.2) is 23.5 Å². The van der Waals surface area contributed by atoms with E-state index in [4.69, 9.17) is 27.9 Å². The van der Waals surface area contributed by atoms with Crippen LogP contribution in [0.1, 0.15) is 24.6 Å². The summed E-state index contributed by atoms with van der Waals surface area (Å²) in [5, 5.41) is 12.7. The molecule has 7 heteroatoms.